The first kappa shape index (κ1) is 46.4. The Hall–Kier alpha value is -1.59. The maximum absolute atomic E-state index is 12.6. The van der Waals surface area contributed by atoms with Crippen molar-refractivity contribution in [3.05, 3.63) is 0 Å². The summed E-state index contributed by atoms with van der Waals surface area (Å²) in [6.45, 7) is 8.86. The van der Waals surface area contributed by atoms with E-state index in [1.807, 2.05) is 0 Å². The quantitative estimate of drug-likeness (QED) is 0.0369. The van der Waals surface area contributed by atoms with Crippen LogP contribution >= 0.6 is 0 Å². The number of ether oxygens (including phenoxy) is 3. The Balaban J connectivity index is 4.22. The van der Waals surface area contributed by atoms with E-state index in [9.17, 15) is 14.4 Å². The lowest BCUT2D eigenvalue weighted by Gasteiger charge is -2.18. The second-order valence-corrected chi connectivity index (χ2v) is 14.7. The van der Waals surface area contributed by atoms with Gasteiger partial charge in [-0.05, 0) is 25.2 Å². The molecule has 0 saturated carbocycles. The second kappa shape index (κ2) is 36.7. The van der Waals surface area contributed by atoms with Gasteiger partial charge in [0.25, 0.3) is 0 Å². The van der Waals surface area contributed by atoms with E-state index in [1.54, 1.807) is 0 Å². The fourth-order valence-corrected chi connectivity index (χ4v) is 6.10. The fraction of sp³-hybridized carbons (Fsp3) is 0.929. The molecule has 0 spiro atoms. The molecule has 0 aliphatic carbocycles. The lowest BCUT2D eigenvalue weighted by atomic mass is 10.0. The first-order valence-electron chi connectivity index (χ1n) is 20.9. The molecule has 0 unspecified atom stereocenters. The van der Waals surface area contributed by atoms with Crippen LogP contribution in [0.4, 0.5) is 0 Å². The maximum Gasteiger partial charge on any atom is 0.306 e. The van der Waals surface area contributed by atoms with Crippen LogP contribution < -0.4 is 0 Å². The van der Waals surface area contributed by atoms with Crippen molar-refractivity contribution in [2.24, 2.45) is 5.92 Å². The van der Waals surface area contributed by atoms with Crippen molar-refractivity contribution in [3.8, 4) is 0 Å². The molecule has 0 aliphatic rings. The average molecular weight is 681 g/mol. The number of hydrogen-bond donors (Lipinski definition) is 0. The zero-order chi connectivity index (χ0) is 35.3. The number of esters is 3. The Kier molecular flexibility index (Phi) is 35.5. The zero-order valence-corrected chi connectivity index (χ0v) is 32.4. The van der Waals surface area contributed by atoms with Crippen LogP contribution in [0.2, 0.25) is 0 Å². The van der Waals surface area contributed by atoms with Crippen LogP contribution in [0.15, 0.2) is 0 Å². The maximum atomic E-state index is 12.6. The number of carbonyl (C=O) groups excluding carboxylic acids is 3. The highest BCUT2D eigenvalue weighted by molar-refractivity contribution is 5.71. The Labute approximate surface area is 298 Å². The van der Waals surface area contributed by atoms with E-state index in [0.717, 1.165) is 70.1 Å². The molecule has 0 saturated heterocycles. The van der Waals surface area contributed by atoms with Crippen LogP contribution in [0.3, 0.4) is 0 Å². The summed E-state index contributed by atoms with van der Waals surface area (Å²) >= 11 is 0. The van der Waals surface area contributed by atoms with E-state index in [2.05, 4.69) is 27.7 Å². The van der Waals surface area contributed by atoms with E-state index in [0.29, 0.717) is 19.3 Å². The lowest BCUT2D eigenvalue weighted by molar-refractivity contribution is -0.167. The molecule has 6 nitrogen and oxygen atoms in total. The molecule has 0 rings (SSSR count). The van der Waals surface area contributed by atoms with Crippen molar-refractivity contribution in [3.63, 3.8) is 0 Å². The summed E-state index contributed by atoms with van der Waals surface area (Å²) in [7, 11) is 0. The predicted octanol–water partition coefficient (Wildman–Crippen LogP) is 12.8. The first-order valence-corrected chi connectivity index (χ1v) is 20.9. The van der Waals surface area contributed by atoms with Gasteiger partial charge in [0.2, 0.25) is 0 Å². The Morgan fingerprint density at radius 2 is 0.688 bits per heavy atom. The molecule has 0 heterocycles. The Bertz CT molecular complexity index is 721. The molecular weight excluding hydrogens is 600 g/mol. The Morgan fingerprint density at radius 3 is 1.02 bits per heavy atom. The number of unbranched alkanes of at least 4 members (excludes halogenated alkanes) is 24. The minimum absolute atomic E-state index is 0.0657. The van der Waals surface area contributed by atoms with Gasteiger partial charge in [-0.2, -0.15) is 0 Å². The van der Waals surface area contributed by atoms with E-state index in [1.165, 1.54) is 116 Å². The molecule has 0 aromatic rings. The average Bonchev–Trinajstić information content (AvgIpc) is 3.06. The SMILES string of the molecule is CCCCCCCCCCCCCCCCC(=O)OC[C@H](COC(=O)CCCCCCC)OC(=O)CCCCCCCCCCC(C)C. The van der Waals surface area contributed by atoms with Crippen LogP contribution in [0.25, 0.3) is 0 Å². The number of rotatable bonds is 37. The van der Waals surface area contributed by atoms with E-state index >= 15 is 0 Å². The molecular formula is C42H80O6. The fourth-order valence-electron chi connectivity index (χ4n) is 6.10. The second-order valence-electron chi connectivity index (χ2n) is 14.7. The molecule has 0 fully saturated rings. The minimum atomic E-state index is -0.757. The van der Waals surface area contributed by atoms with E-state index in [-0.39, 0.29) is 31.1 Å². The summed E-state index contributed by atoms with van der Waals surface area (Å²) in [5.41, 5.74) is 0. The third kappa shape index (κ3) is 35.7. The van der Waals surface area contributed by atoms with Gasteiger partial charge in [-0.15, -0.1) is 0 Å². The molecule has 1 atom stereocenters. The minimum Gasteiger partial charge on any atom is -0.462 e. The summed E-state index contributed by atoms with van der Waals surface area (Å²) in [6, 6.07) is 0. The Morgan fingerprint density at radius 1 is 0.396 bits per heavy atom. The summed E-state index contributed by atoms with van der Waals surface area (Å²) < 4.78 is 16.5. The van der Waals surface area contributed by atoms with Crippen molar-refractivity contribution in [1.29, 1.82) is 0 Å². The normalized spacial score (nSPS) is 11.9. The van der Waals surface area contributed by atoms with Crippen LogP contribution in [-0.4, -0.2) is 37.2 Å². The van der Waals surface area contributed by atoms with Gasteiger partial charge in [0, 0.05) is 19.3 Å². The summed E-state index contributed by atoms with van der Waals surface area (Å²) in [5.74, 6) is -0.0817. The van der Waals surface area contributed by atoms with Crippen molar-refractivity contribution >= 4 is 17.9 Å². The highest BCUT2D eigenvalue weighted by Gasteiger charge is 2.19. The third-order valence-corrected chi connectivity index (χ3v) is 9.29. The van der Waals surface area contributed by atoms with Gasteiger partial charge in [-0.25, -0.2) is 0 Å². The van der Waals surface area contributed by atoms with Crippen molar-refractivity contribution in [2.75, 3.05) is 13.2 Å². The highest BCUT2D eigenvalue weighted by Crippen LogP contribution is 2.15. The zero-order valence-electron chi connectivity index (χ0n) is 32.4. The van der Waals surface area contributed by atoms with Gasteiger partial charge in [-0.3, -0.25) is 14.4 Å². The molecule has 48 heavy (non-hydrogen) atoms. The molecule has 0 aromatic carbocycles. The topological polar surface area (TPSA) is 78.9 Å². The highest BCUT2D eigenvalue weighted by atomic mass is 16.6. The smallest absolute Gasteiger partial charge is 0.306 e. The van der Waals surface area contributed by atoms with Crippen molar-refractivity contribution in [1.82, 2.24) is 0 Å². The molecule has 0 radical (unpaired) electrons. The lowest BCUT2D eigenvalue weighted by Crippen LogP contribution is -2.30. The third-order valence-electron chi connectivity index (χ3n) is 9.29. The molecule has 0 aliphatic heterocycles. The molecule has 0 aromatic heterocycles. The van der Waals surface area contributed by atoms with E-state index in [4.69, 9.17) is 14.2 Å². The van der Waals surface area contributed by atoms with Gasteiger partial charge in [-0.1, -0.05) is 188 Å². The summed E-state index contributed by atoms with van der Waals surface area (Å²) in [5, 5.41) is 0. The molecule has 6 heteroatoms. The van der Waals surface area contributed by atoms with E-state index < -0.39 is 6.10 Å². The van der Waals surface area contributed by atoms with Crippen LogP contribution in [0.1, 0.15) is 227 Å². The van der Waals surface area contributed by atoms with Crippen LogP contribution in [0, 0.1) is 5.92 Å². The number of hydrogen-bond acceptors (Lipinski definition) is 6. The van der Waals surface area contributed by atoms with Crippen LogP contribution in [0.5, 0.6) is 0 Å². The molecule has 284 valence electrons. The molecule has 0 N–H and O–H groups in total. The standard InChI is InChI=1S/C42H80O6/c1-5-7-9-11-12-13-14-15-16-17-18-22-26-30-34-41(44)47-37-39(36-46-40(43)33-29-24-10-8-6-2)48-42(45)35-31-27-23-20-19-21-25-28-32-38(3)4/h38-39H,5-37H2,1-4H3/t39-/m0/s1. The van der Waals surface area contributed by atoms with Gasteiger partial charge >= 0.3 is 17.9 Å². The van der Waals surface area contributed by atoms with Gasteiger partial charge in [0.1, 0.15) is 13.2 Å². The summed E-state index contributed by atoms with van der Waals surface area (Å²) in [6.07, 6.45) is 34.0. The predicted molar refractivity (Wildman–Crippen MR) is 201 cm³/mol. The number of carbonyl (C=O) groups is 3. The van der Waals surface area contributed by atoms with Gasteiger partial charge in [0.05, 0.1) is 0 Å². The van der Waals surface area contributed by atoms with Gasteiger partial charge in [0.15, 0.2) is 6.10 Å². The molecule has 0 bridgehead atoms. The van der Waals surface area contributed by atoms with Crippen molar-refractivity contribution in [2.45, 2.75) is 233 Å². The summed E-state index contributed by atoms with van der Waals surface area (Å²) in [4.78, 5) is 37.3. The van der Waals surface area contributed by atoms with Gasteiger partial charge < -0.3 is 14.2 Å². The molecule has 0 amide bonds. The van der Waals surface area contributed by atoms with Crippen LogP contribution in [-0.2, 0) is 28.6 Å². The monoisotopic (exact) mass is 681 g/mol. The van der Waals surface area contributed by atoms with Crippen molar-refractivity contribution < 1.29 is 28.6 Å². The largest absolute Gasteiger partial charge is 0.462 e. The first-order chi connectivity index (χ1) is 23.4.